The van der Waals surface area contributed by atoms with E-state index in [1.807, 2.05) is 28.5 Å². The van der Waals surface area contributed by atoms with E-state index in [1.165, 1.54) is 11.8 Å². The standard InChI is InChI=1S/C18H28N4O2S/c1-6-22-17(15-8-7-9-24-15)19-20-18(22)25-12-16(23)21(10-13(2)3)11-14(4)5/h7-9,13-14H,6,10-12H2,1-5H3. The molecule has 0 aliphatic rings. The molecule has 0 atom stereocenters. The third kappa shape index (κ3) is 5.36. The van der Waals surface area contributed by atoms with Gasteiger partial charge in [-0.3, -0.25) is 9.36 Å². The Labute approximate surface area is 154 Å². The summed E-state index contributed by atoms with van der Waals surface area (Å²) in [6.07, 6.45) is 1.62. The maximum absolute atomic E-state index is 12.7. The van der Waals surface area contributed by atoms with Crippen LogP contribution in [0.25, 0.3) is 11.6 Å². The van der Waals surface area contributed by atoms with Crippen LogP contribution in [0.15, 0.2) is 28.0 Å². The van der Waals surface area contributed by atoms with Crippen molar-refractivity contribution in [1.82, 2.24) is 19.7 Å². The molecule has 0 aliphatic carbocycles. The van der Waals surface area contributed by atoms with Gasteiger partial charge in [-0.25, -0.2) is 0 Å². The zero-order valence-corrected chi connectivity index (χ0v) is 16.5. The van der Waals surface area contributed by atoms with E-state index >= 15 is 0 Å². The minimum atomic E-state index is 0.151. The quantitative estimate of drug-likeness (QED) is 0.633. The van der Waals surface area contributed by atoms with E-state index in [4.69, 9.17) is 4.42 Å². The summed E-state index contributed by atoms with van der Waals surface area (Å²) in [7, 11) is 0. The molecule has 7 heteroatoms. The summed E-state index contributed by atoms with van der Waals surface area (Å²) >= 11 is 1.44. The highest BCUT2D eigenvalue weighted by atomic mass is 32.2. The monoisotopic (exact) mass is 364 g/mol. The molecule has 2 rings (SSSR count). The average molecular weight is 365 g/mol. The van der Waals surface area contributed by atoms with Crippen LogP contribution in [0.2, 0.25) is 0 Å². The minimum Gasteiger partial charge on any atom is -0.461 e. The number of hydrogen-bond donors (Lipinski definition) is 0. The lowest BCUT2D eigenvalue weighted by atomic mass is 10.1. The van der Waals surface area contributed by atoms with Crippen LogP contribution >= 0.6 is 11.8 Å². The van der Waals surface area contributed by atoms with Crippen LogP contribution in [0.3, 0.4) is 0 Å². The van der Waals surface area contributed by atoms with E-state index in [2.05, 4.69) is 37.9 Å². The fourth-order valence-corrected chi connectivity index (χ4v) is 3.55. The molecule has 2 aromatic rings. The summed E-state index contributed by atoms with van der Waals surface area (Å²) in [5, 5.41) is 9.21. The summed E-state index contributed by atoms with van der Waals surface area (Å²) in [6, 6.07) is 3.69. The molecule has 0 aromatic carbocycles. The lowest BCUT2D eigenvalue weighted by Gasteiger charge is -2.26. The topological polar surface area (TPSA) is 64.2 Å². The Morgan fingerprint density at radius 1 is 1.24 bits per heavy atom. The number of carbonyl (C=O) groups is 1. The number of furan rings is 1. The second kappa shape index (κ2) is 9.08. The smallest absolute Gasteiger partial charge is 0.233 e. The van der Waals surface area contributed by atoms with Crippen molar-refractivity contribution in [3.63, 3.8) is 0 Å². The Morgan fingerprint density at radius 3 is 2.44 bits per heavy atom. The van der Waals surface area contributed by atoms with Crippen molar-refractivity contribution < 1.29 is 9.21 Å². The fraction of sp³-hybridized carbons (Fsp3) is 0.611. The molecule has 0 fully saturated rings. The van der Waals surface area contributed by atoms with Crippen molar-refractivity contribution >= 4 is 17.7 Å². The first kappa shape index (κ1) is 19.6. The number of amides is 1. The number of hydrogen-bond acceptors (Lipinski definition) is 5. The number of rotatable bonds is 9. The van der Waals surface area contributed by atoms with Crippen LogP contribution in [-0.4, -0.2) is 44.4 Å². The van der Waals surface area contributed by atoms with Crippen molar-refractivity contribution in [3.05, 3.63) is 18.4 Å². The van der Waals surface area contributed by atoms with E-state index in [0.717, 1.165) is 24.8 Å². The summed E-state index contributed by atoms with van der Waals surface area (Å²) in [4.78, 5) is 14.6. The van der Waals surface area contributed by atoms with Gasteiger partial charge >= 0.3 is 0 Å². The van der Waals surface area contributed by atoms with Gasteiger partial charge < -0.3 is 9.32 Å². The first-order chi connectivity index (χ1) is 11.9. The van der Waals surface area contributed by atoms with Gasteiger partial charge in [0.05, 0.1) is 12.0 Å². The summed E-state index contributed by atoms with van der Waals surface area (Å²) in [5.74, 6) is 2.82. The molecule has 0 N–H and O–H groups in total. The van der Waals surface area contributed by atoms with E-state index in [-0.39, 0.29) is 5.91 Å². The highest BCUT2D eigenvalue weighted by Crippen LogP contribution is 2.24. The molecule has 0 radical (unpaired) electrons. The highest BCUT2D eigenvalue weighted by molar-refractivity contribution is 7.99. The molecule has 0 saturated carbocycles. The second-order valence-corrected chi connectivity index (χ2v) is 7.85. The molecule has 0 aliphatic heterocycles. The fourth-order valence-electron chi connectivity index (χ4n) is 2.65. The van der Waals surface area contributed by atoms with Gasteiger partial charge in [0.1, 0.15) is 0 Å². The third-order valence-electron chi connectivity index (χ3n) is 3.62. The van der Waals surface area contributed by atoms with Crippen LogP contribution in [-0.2, 0) is 11.3 Å². The largest absolute Gasteiger partial charge is 0.461 e. The first-order valence-electron chi connectivity index (χ1n) is 8.80. The third-order valence-corrected chi connectivity index (χ3v) is 4.57. The average Bonchev–Trinajstić information content (AvgIpc) is 3.19. The number of carbonyl (C=O) groups excluding carboxylic acids is 1. The molecular weight excluding hydrogens is 336 g/mol. The van der Waals surface area contributed by atoms with Gasteiger partial charge in [0, 0.05) is 19.6 Å². The predicted octanol–water partition coefficient (Wildman–Crippen LogP) is 3.79. The van der Waals surface area contributed by atoms with Gasteiger partial charge in [0.25, 0.3) is 0 Å². The van der Waals surface area contributed by atoms with Gasteiger partial charge in [-0.05, 0) is 30.9 Å². The number of aromatic nitrogens is 3. The van der Waals surface area contributed by atoms with Crippen LogP contribution in [0.1, 0.15) is 34.6 Å². The van der Waals surface area contributed by atoms with Crippen molar-refractivity contribution in [1.29, 1.82) is 0 Å². The maximum Gasteiger partial charge on any atom is 0.233 e. The van der Waals surface area contributed by atoms with E-state index in [1.54, 1.807) is 6.26 Å². The predicted molar refractivity (Wildman–Crippen MR) is 100 cm³/mol. The van der Waals surface area contributed by atoms with Crippen molar-refractivity contribution in [2.75, 3.05) is 18.8 Å². The van der Waals surface area contributed by atoms with Gasteiger partial charge in [0.15, 0.2) is 16.7 Å². The molecule has 1 amide bonds. The summed E-state index contributed by atoms with van der Waals surface area (Å²) in [5.41, 5.74) is 0. The van der Waals surface area contributed by atoms with Gasteiger partial charge in [0.2, 0.25) is 5.91 Å². The zero-order valence-electron chi connectivity index (χ0n) is 15.7. The minimum absolute atomic E-state index is 0.151. The molecular formula is C18H28N4O2S. The lowest BCUT2D eigenvalue weighted by molar-refractivity contribution is -0.129. The molecule has 2 heterocycles. The Balaban J connectivity index is 2.05. The second-order valence-electron chi connectivity index (χ2n) is 6.90. The molecule has 25 heavy (non-hydrogen) atoms. The Bertz CT molecular complexity index is 655. The normalized spacial score (nSPS) is 11.5. The van der Waals surface area contributed by atoms with E-state index < -0.39 is 0 Å². The summed E-state index contributed by atoms with van der Waals surface area (Å²) < 4.78 is 7.40. The Morgan fingerprint density at radius 2 is 1.92 bits per heavy atom. The van der Waals surface area contributed by atoms with Crippen LogP contribution in [0.4, 0.5) is 0 Å². The SMILES string of the molecule is CCn1c(SCC(=O)N(CC(C)C)CC(C)C)nnc1-c1ccco1. The molecule has 0 unspecified atom stereocenters. The highest BCUT2D eigenvalue weighted by Gasteiger charge is 2.20. The Hall–Kier alpha value is -1.76. The van der Waals surface area contributed by atoms with Gasteiger partial charge in [-0.2, -0.15) is 0 Å². The Kier molecular flexibility index (Phi) is 7.11. The number of thioether (sulfide) groups is 1. The van der Waals surface area contributed by atoms with E-state index in [9.17, 15) is 4.79 Å². The number of nitrogens with zero attached hydrogens (tertiary/aromatic N) is 4. The molecule has 0 spiro atoms. The van der Waals surface area contributed by atoms with Crippen LogP contribution in [0.5, 0.6) is 0 Å². The molecule has 0 saturated heterocycles. The molecule has 138 valence electrons. The maximum atomic E-state index is 12.7. The van der Waals surface area contributed by atoms with Gasteiger partial charge in [-0.1, -0.05) is 39.5 Å². The van der Waals surface area contributed by atoms with Crippen molar-refractivity contribution in [2.45, 2.75) is 46.3 Å². The van der Waals surface area contributed by atoms with Crippen LogP contribution < -0.4 is 0 Å². The van der Waals surface area contributed by atoms with Crippen molar-refractivity contribution in [3.8, 4) is 11.6 Å². The zero-order chi connectivity index (χ0) is 18.4. The molecule has 2 aromatic heterocycles. The van der Waals surface area contributed by atoms with Crippen LogP contribution in [0, 0.1) is 11.8 Å². The lowest BCUT2D eigenvalue weighted by Crippen LogP contribution is -2.38. The van der Waals surface area contributed by atoms with Crippen molar-refractivity contribution in [2.24, 2.45) is 11.8 Å². The first-order valence-corrected chi connectivity index (χ1v) is 9.78. The van der Waals surface area contributed by atoms with E-state index in [0.29, 0.717) is 29.2 Å². The molecule has 6 nitrogen and oxygen atoms in total. The van der Waals surface area contributed by atoms with Gasteiger partial charge in [-0.15, -0.1) is 10.2 Å². The molecule has 0 bridgehead atoms. The summed E-state index contributed by atoms with van der Waals surface area (Å²) in [6.45, 7) is 12.9.